The molecule has 1 aromatic carbocycles. The van der Waals surface area contributed by atoms with Crippen molar-refractivity contribution in [3.63, 3.8) is 0 Å². The Labute approximate surface area is 135 Å². The van der Waals surface area contributed by atoms with Gasteiger partial charge in [0.1, 0.15) is 5.82 Å². The second-order valence-corrected chi connectivity index (χ2v) is 6.62. The zero-order chi connectivity index (χ0) is 15.1. The lowest BCUT2D eigenvalue weighted by Crippen LogP contribution is -2.31. The van der Waals surface area contributed by atoms with Gasteiger partial charge in [0.15, 0.2) is 0 Å². The average Bonchev–Trinajstić information content (AvgIpc) is 2.96. The molecule has 0 aliphatic carbocycles. The van der Waals surface area contributed by atoms with Gasteiger partial charge in [-0.3, -0.25) is 0 Å². The quantitative estimate of drug-likeness (QED) is 0.713. The number of hydrogen-bond donors (Lipinski definition) is 1. The molecule has 1 N–H and O–H groups in total. The monoisotopic (exact) mass is 325 g/mol. The number of hydrogen-bond acceptors (Lipinski definition) is 2. The van der Waals surface area contributed by atoms with Crippen molar-refractivity contribution in [2.24, 2.45) is 0 Å². The van der Waals surface area contributed by atoms with Gasteiger partial charge in [0.05, 0.1) is 5.02 Å². The smallest absolute Gasteiger partial charge is 0.141 e. The van der Waals surface area contributed by atoms with Crippen LogP contribution in [0.1, 0.15) is 30.2 Å². The van der Waals surface area contributed by atoms with Gasteiger partial charge in [0.2, 0.25) is 0 Å². The van der Waals surface area contributed by atoms with E-state index in [2.05, 4.69) is 29.8 Å². The molecule has 0 fully saturated rings. The minimum atomic E-state index is -0.349. The van der Waals surface area contributed by atoms with Crippen molar-refractivity contribution < 1.29 is 4.39 Å². The van der Waals surface area contributed by atoms with Gasteiger partial charge in [-0.25, -0.2) is 4.39 Å². The molecule has 1 aromatic heterocycles. The number of thiophene rings is 1. The Balaban J connectivity index is 1.87. The van der Waals surface area contributed by atoms with Crippen molar-refractivity contribution in [1.82, 2.24) is 5.32 Å². The van der Waals surface area contributed by atoms with E-state index in [1.54, 1.807) is 6.07 Å². The summed E-state index contributed by atoms with van der Waals surface area (Å²) in [7, 11) is 0. The molecule has 4 heteroatoms. The summed E-state index contributed by atoms with van der Waals surface area (Å²) in [6, 6.07) is 9.71. The van der Waals surface area contributed by atoms with E-state index in [4.69, 9.17) is 11.6 Å². The Kier molecular flexibility index (Phi) is 6.68. The van der Waals surface area contributed by atoms with Crippen molar-refractivity contribution in [3.05, 3.63) is 57.0 Å². The molecular weight excluding hydrogens is 305 g/mol. The zero-order valence-electron chi connectivity index (χ0n) is 12.2. The van der Waals surface area contributed by atoms with Gasteiger partial charge in [-0.05, 0) is 61.4 Å². The lowest BCUT2D eigenvalue weighted by Gasteiger charge is -2.18. The van der Waals surface area contributed by atoms with E-state index in [1.807, 2.05) is 17.4 Å². The predicted octanol–water partition coefficient (Wildman–Crippen LogP) is 5.08. The summed E-state index contributed by atoms with van der Waals surface area (Å²) in [5, 5.41) is 5.84. The number of halogens is 2. The normalized spacial score (nSPS) is 12.5. The van der Waals surface area contributed by atoms with E-state index in [9.17, 15) is 4.39 Å². The van der Waals surface area contributed by atoms with Crippen LogP contribution in [0, 0.1) is 5.82 Å². The summed E-state index contributed by atoms with van der Waals surface area (Å²) in [6.07, 6.45) is 4.29. The molecule has 114 valence electrons. The molecule has 21 heavy (non-hydrogen) atoms. The van der Waals surface area contributed by atoms with Gasteiger partial charge >= 0.3 is 0 Å². The Hall–Kier alpha value is -0.900. The minimum Gasteiger partial charge on any atom is -0.314 e. The Morgan fingerprint density at radius 3 is 2.86 bits per heavy atom. The number of nitrogens with one attached hydrogen (secondary N) is 1. The van der Waals surface area contributed by atoms with Crippen LogP contribution in [0.15, 0.2) is 35.7 Å². The number of likely N-dealkylation sites (N-methyl/N-ethyl adjacent to an activating group) is 1. The van der Waals surface area contributed by atoms with Crippen LogP contribution in [0.3, 0.4) is 0 Å². The number of aryl methyl sites for hydroxylation is 1. The molecule has 0 aliphatic rings. The third kappa shape index (κ3) is 5.42. The summed E-state index contributed by atoms with van der Waals surface area (Å²) < 4.78 is 13.2. The third-order valence-electron chi connectivity index (χ3n) is 3.51. The molecule has 1 atom stereocenters. The van der Waals surface area contributed by atoms with E-state index >= 15 is 0 Å². The molecule has 0 saturated carbocycles. The van der Waals surface area contributed by atoms with Gasteiger partial charge in [0.25, 0.3) is 0 Å². The largest absolute Gasteiger partial charge is 0.314 e. The highest BCUT2D eigenvalue weighted by Gasteiger charge is 2.10. The van der Waals surface area contributed by atoms with Gasteiger partial charge in [-0.15, -0.1) is 11.3 Å². The first-order valence-electron chi connectivity index (χ1n) is 7.38. The first-order valence-corrected chi connectivity index (χ1v) is 8.64. The maximum absolute atomic E-state index is 13.2. The van der Waals surface area contributed by atoms with Crippen LogP contribution < -0.4 is 5.32 Å². The van der Waals surface area contributed by atoms with E-state index < -0.39 is 0 Å². The summed E-state index contributed by atoms with van der Waals surface area (Å²) in [5.74, 6) is -0.349. The fourth-order valence-electron chi connectivity index (χ4n) is 2.49. The van der Waals surface area contributed by atoms with Crippen LogP contribution in [0.2, 0.25) is 5.02 Å². The van der Waals surface area contributed by atoms with Gasteiger partial charge in [-0.1, -0.05) is 30.7 Å². The highest BCUT2D eigenvalue weighted by molar-refractivity contribution is 7.09. The van der Waals surface area contributed by atoms with Gasteiger partial charge in [-0.2, -0.15) is 0 Å². The molecule has 0 amide bonds. The Bertz CT molecular complexity index is 542. The summed E-state index contributed by atoms with van der Waals surface area (Å²) in [5.41, 5.74) is 1.09. The van der Waals surface area contributed by atoms with Gasteiger partial charge in [0, 0.05) is 10.9 Å². The maximum Gasteiger partial charge on any atom is 0.141 e. The molecule has 1 unspecified atom stereocenters. The van der Waals surface area contributed by atoms with Crippen LogP contribution in [-0.2, 0) is 12.8 Å². The molecule has 0 radical (unpaired) electrons. The van der Waals surface area contributed by atoms with E-state index in [0.717, 1.165) is 37.8 Å². The summed E-state index contributed by atoms with van der Waals surface area (Å²) in [6.45, 7) is 3.06. The molecule has 2 aromatic rings. The highest BCUT2D eigenvalue weighted by atomic mass is 35.5. The van der Waals surface area contributed by atoms with Crippen LogP contribution in [-0.4, -0.2) is 12.6 Å². The van der Waals surface area contributed by atoms with E-state index in [-0.39, 0.29) is 10.8 Å². The number of rotatable bonds is 8. The highest BCUT2D eigenvalue weighted by Crippen LogP contribution is 2.19. The maximum atomic E-state index is 13.2. The summed E-state index contributed by atoms with van der Waals surface area (Å²) in [4.78, 5) is 1.44. The predicted molar refractivity (Wildman–Crippen MR) is 89.8 cm³/mol. The second kappa shape index (κ2) is 8.52. The van der Waals surface area contributed by atoms with Gasteiger partial charge < -0.3 is 5.32 Å². The van der Waals surface area contributed by atoms with Crippen molar-refractivity contribution in [2.45, 2.75) is 38.6 Å². The molecule has 1 nitrogen and oxygen atoms in total. The van der Waals surface area contributed by atoms with E-state index in [0.29, 0.717) is 6.04 Å². The lowest BCUT2D eigenvalue weighted by atomic mass is 10.0. The number of benzene rings is 1. The molecule has 2 rings (SSSR count). The first kappa shape index (κ1) is 16.5. The van der Waals surface area contributed by atoms with Crippen molar-refractivity contribution in [3.8, 4) is 0 Å². The van der Waals surface area contributed by atoms with Crippen LogP contribution in [0.25, 0.3) is 0 Å². The van der Waals surface area contributed by atoms with Crippen molar-refractivity contribution in [2.75, 3.05) is 6.54 Å². The second-order valence-electron chi connectivity index (χ2n) is 5.18. The van der Waals surface area contributed by atoms with Crippen molar-refractivity contribution >= 4 is 22.9 Å². The van der Waals surface area contributed by atoms with E-state index in [1.165, 1.54) is 10.9 Å². The molecule has 0 bridgehead atoms. The molecule has 0 saturated heterocycles. The molecule has 0 spiro atoms. The fourth-order valence-corrected chi connectivity index (χ4v) is 3.45. The summed E-state index contributed by atoms with van der Waals surface area (Å²) >= 11 is 7.67. The zero-order valence-corrected chi connectivity index (χ0v) is 13.8. The Morgan fingerprint density at radius 1 is 1.33 bits per heavy atom. The lowest BCUT2D eigenvalue weighted by molar-refractivity contribution is 0.476. The molecule has 1 heterocycles. The first-order chi connectivity index (χ1) is 10.2. The molecular formula is C17H21ClFNS. The SMILES string of the molecule is CCNC(CCCc1cccs1)Cc1ccc(F)c(Cl)c1. The topological polar surface area (TPSA) is 12.0 Å². The minimum absolute atomic E-state index is 0.210. The van der Waals surface area contributed by atoms with Crippen LogP contribution >= 0.6 is 22.9 Å². The average molecular weight is 326 g/mol. The molecule has 0 aliphatic heterocycles. The van der Waals surface area contributed by atoms with Crippen LogP contribution in [0.4, 0.5) is 4.39 Å². The Morgan fingerprint density at radius 2 is 2.19 bits per heavy atom. The van der Waals surface area contributed by atoms with Crippen molar-refractivity contribution in [1.29, 1.82) is 0 Å². The standard InChI is InChI=1S/C17H21ClFNS/c1-2-20-14(5-3-6-15-7-4-10-21-15)11-13-8-9-17(19)16(18)12-13/h4,7-10,12,14,20H,2-3,5-6,11H2,1H3. The fraction of sp³-hybridized carbons (Fsp3) is 0.412. The van der Waals surface area contributed by atoms with Crippen LogP contribution in [0.5, 0.6) is 0 Å². The third-order valence-corrected chi connectivity index (χ3v) is 4.74.